The summed E-state index contributed by atoms with van der Waals surface area (Å²) >= 11 is 0. The van der Waals surface area contributed by atoms with Crippen LogP contribution < -0.4 is 0 Å². The maximum Gasteiger partial charge on any atom is 0.368 e. The van der Waals surface area contributed by atoms with E-state index < -0.39 is 10.8 Å². The van der Waals surface area contributed by atoms with Gasteiger partial charge in [0.15, 0.2) is 0 Å². The van der Waals surface area contributed by atoms with Crippen molar-refractivity contribution in [2.45, 2.75) is 41.5 Å². The minimum atomic E-state index is -0.457. The zero-order chi connectivity index (χ0) is 25.6. The molecular formula is C28H32O6Ti+4. The Balaban J connectivity index is 0.000000240. The quantitative estimate of drug-likeness (QED) is 0.176. The monoisotopic (exact) mass is 512 g/mol. The van der Waals surface area contributed by atoms with Gasteiger partial charge in [0.2, 0.25) is 22.7 Å². The third kappa shape index (κ3) is 5.14. The standard InChI is InChI=1S/2C14H14O3.Ti/c2*1-14(2,3)13(17)10-11(15)8-6-4-5-7-9(8)12(10)16;/h2*4-7,17H,1-3H3;/p+4. The van der Waals surface area contributed by atoms with Gasteiger partial charge in [-0.1, -0.05) is 36.4 Å². The van der Waals surface area contributed by atoms with Gasteiger partial charge in [-0.25, -0.2) is 0 Å². The molecule has 35 heavy (non-hydrogen) atoms. The van der Waals surface area contributed by atoms with Crippen LogP contribution in [-0.4, -0.2) is 42.9 Å². The molecule has 0 bridgehead atoms. The molecule has 0 spiro atoms. The Bertz CT molecular complexity index is 1120. The van der Waals surface area contributed by atoms with Crippen molar-refractivity contribution in [3.8, 4) is 0 Å². The third-order valence-corrected chi connectivity index (χ3v) is 5.78. The van der Waals surface area contributed by atoms with Gasteiger partial charge in [0.25, 0.3) is 11.5 Å². The van der Waals surface area contributed by atoms with Crippen LogP contribution in [0, 0.1) is 10.8 Å². The number of hydrogen-bond acceptors (Lipinski definition) is 2. The van der Waals surface area contributed by atoms with E-state index in [-0.39, 0.29) is 67.5 Å². The fourth-order valence-corrected chi connectivity index (χ4v) is 3.74. The molecule has 0 heterocycles. The van der Waals surface area contributed by atoms with E-state index in [0.717, 1.165) is 0 Å². The zero-order valence-electron chi connectivity index (χ0n) is 20.8. The van der Waals surface area contributed by atoms with Crippen LogP contribution in [0.15, 0.2) is 71.2 Å². The maximum absolute atomic E-state index is 12.1. The van der Waals surface area contributed by atoms with E-state index in [4.69, 9.17) is 10.2 Å². The van der Waals surface area contributed by atoms with Crippen LogP contribution in [0.4, 0.5) is 0 Å². The van der Waals surface area contributed by atoms with Crippen LogP contribution in [0.5, 0.6) is 0 Å². The molecule has 6 N–H and O–H groups in total. The summed E-state index contributed by atoms with van der Waals surface area (Å²) < 4.78 is 0. The molecule has 180 valence electrons. The Kier molecular flexibility index (Phi) is 7.95. The van der Waals surface area contributed by atoms with E-state index >= 15 is 0 Å². The number of carbonyl (C=O) groups is 2. The Morgan fingerprint density at radius 3 is 1.09 bits per heavy atom. The van der Waals surface area contributed by atoms with E-state index in [1.807, 2.05) is 41.5 Å². The molecule has 0 atom stereocenters. The van der Waals surface area contributed by atoms with Crippen molar-refractivity contribution < 1.29 is 51.1 Å². The molecule has 0 amide bonds. The summed E-state index contributed by atoms with van der Waals surface area (Å²) in [5, 5.41) is 16.1. The second kappa shape index (κ2) is 9.88. The maximum atomic E-state index is 12.1. The summed E-state index contributed by atoms with van der Waals surface area (Å²) in [6.07, 6.45) is 0. The molecule has 6 nitrogen and oxygen atoms in total. The first-order valence-electron chi connectivity index (χ1n) is 11.0. The molecular weight excluding hydrogens is 480 g/mol. The molecule has 0 radical (unpaired) electrons. The topological polar surface area (TPSA) is 123 Å². The molecule has 0 saturated heterocycles. The van der Waals surface area contributed by atoms with Gasteiger partial charge in [0.05, 0.1) is 22.0 Å². The zero-order valence-corrected chi connectivity index (χ0v) is 22.4. The minimum Gasteiger partial charge on any atom is -0.595 e. The first kappa shape index (κ1) is 28.2. The number of hydrogen-bond donors (Lipinski definition) is 0. The SMILES string of the molecule is CC(C)(C)C([OH2+])=C1C(=O)c2ccccc2C1=[OH+].CC(C)(C)C([OH2+])=C1C(=O)c2ccccc2C1=[OH+].[Ti]. The van der Waals surface area contributed by atoms with Crippen molar-refractivity contribution in [3.05, 3.63) is 93.4 Å². The van der Waals surface area contributed by atoms with Crippen molar-refractivity contribution in [2.24, 2.45) is 10.8 Å². The molecule has 2 aliphatic carbocycles. The van der Waals surface area contributed by atoms with Crippen molar-refractivity contribution in [1.29, 1.82) is 0 Å². The van der Waals surface area contributed by atoms with Gasteiger partial charge in [-0.2, -0.15) is 0 Å². The van der Waals surface area contributed by atoms with Gasteiger partial charge in [0, 0.05) is 32.8 Å². The minimum absolute atomic E-state index is 0. The Labute approximate surface area is 219 Å². The van der Waals surface area contributed by atoms with Gasteiger partial charge in [0.1, 0.15) is 0 Å². The first-order chi connectivity index (χ1) is 15.7. The van der Waals surface area contributed by atoms with Crippen molar-refractivity contribution in [2.75, 3.05) is 0 Å². The average Bonchev–Trinajstić information content (AvgIpc) is 3.17. The third-order valence-electron chi connectivity index (χ3n) is 5.78. The first-order valence-corrected chi connectivity index (χ1v) is 11.0. The Morgan fingerprint density at radius 1 is 0.600 bits per heavy atom. The molecule has 0 fully saturated rings. The van der Waals surface area contributed by atoms with Gasteiger partial charge >= 0.3 is 11.6 Å². The van der Waals surface area contributed by atoms with E-state index in [2.05, 4.69) is 0 Å². The Hall–Kier alpha value is -3.09. The number of benzene rings is 2. The van der Waals surface area contributed by atoms with Crippen LogP contribution in [0.1, 0.15) is 73.4 Å². The van der Waals surface area contributed by atoms with Crippen LogP contribution in [0.25, 0.3) is 0 Å². The summed E-state index contributed by atoms with van der Waals surface area (Å²) in [7, 11) is 0. The van der Waals surface area contributed by atoms with Crippen LogP contribution >= 0.6 is 0 Å². The summed E-state index contributed by atoms with van der Waals surface area (Å²) in [6.45, 7) is 11.1. The van der Waals surface area contributed by atoms with E-state index in [9.17, 15) is 19.2 Å². The van der Waals surface area contributed by atoms with Gasteiger partial charge in [-0.3, -0.25) is 19.2 Å². The van der Waals surface area contributed by atoms with Gasteiger partial charge in [-0.05, 0) is 53.7 Å². The summed E-state index contributed by atoms with van der Waals surface area (Å²) in [5.41, 5.74) is 1.38. The fraction of sp³-hybridized carbons (Fsp3) is 0.286. The van der Waals surface area contributed by atoms with Crippen LogP contribution in [0.3, 0.4) is 0 Å². The predicted molar refractivity (Wildman–Crippen MR) is 134 cm³/mol. The summed E-state index contributed by atoms with van der Waals surface area (Å²) in [4.78, 5) is 44.4. The number of fused-ring (bicyclic) bond motifs is 2. The fourth-order valence-electron chi connectivity index (χ4n) is 3.74. The Morgan fingerprint density at radius 2 is 0.857 bits per heavy atom. The van der Waals surface area contributed by atoms with Crippen LogP contribution in [-0.2, 0) is 21.7 Å². The van der Waals surface area contributed by atoms with E-state index in [1.54, 1.807) is 48.5 Å². The van der Waals surface area contributed by atoms with Crippen molar-refractivity contribution in [3.63, 3.8) is 0 Å². The molecule has 0 aliphatic heterocycles. The predicted octanol–water partition coefficient (Wildman–Crippen LogP) is 3.60. The molecule has 7 heteroatoms. The number of rotatable bonds is 0. The molecule has 0 unspecified atom stereocenters. The molecule has 2 aliphatic rings. The largest absolute Gasteiger partial charge is 0.595 e. The second-order valence-corrected chi connectivity index (χ2v) is 10.4. The molecule has 2 aromatic rings. The molecule has 2 aromatic carbocycles. The second-order valence-electron chi connectivity index (χ2n) is 10.4. The van der Waals surface area contributed by atoms with Gasteiger partial charge < -0.3 is 10.2 Å². The summed E-state index contributed by atoms with van der Waals surface area (Å²) in [6, 6.07) is 13.8. The molecule has 0 saturated carbocycles. The summed E-state index contributed by atoms with van der Waals surface area (Å²) in [5.74, 6) is -0.278. The van der Waals surface area contributed by atoms with E-state index in [1.165, 1.54) is 0 Å². The van der Waals surface area contributed by atoms with E-state index in [0.29, 0.717) is 22.3 Å². The smallest absolute Gasteiger partial charge is 0.368 e. The number of Topliss-reactive ketones (excluding diaryl/α,β-unsaturated/α-hetero) is 2. The van der Waals surface area contributed by atoms with Crippen molar-refractivity contribution in [1.82, 2.24) is 0 Å². The normalized spacial score (nSPS) is 17.8. The van der Waals surface area contributed by atoms with Crippen molar-refractivity contribution >= 4 is 23.1 Å². The van der Waals surface area contributed by atoms with Gasteiger partial charge in [-0.15, -0.1) is 0 Å². The number of carbonyl (C=O) groups excluding carboxylic acids is 4. The van der Waals surface area contributed by atoms with Crippen LogP contribution in [0.2, 0.25) is 0 Å². The number of ketones is 4. The number of allylic oxidation sites excluding steroid dienone is 4. The average molecular weight is 512 g/mol. The molecule has 0 aromatic heterocycles. The molecule has 4 rings (SSSR count).